The minimum Gasteiger partial charge on any atom is -0.368 e. The van der Waals surface area contributed by atoms with Gasteiger partial charge in [-0.2, -0.15) is 0 Å². The van der Waals surface area contributed by atoms with Crippen LogP contribution in [0, 0.1) is 0 Å². The van der Waals surface area contributed by atoms with E-state index in [1.165, 1.54) is 5.56 Å². The minimum absolute atomic E-state index is 0.0903. The Hall–Kier alpha value is -4.65. The number of benzene rings is 3. The predicted molar refractivity (Wildman–Crippen MR) is 163 cm³/mol. The third-order valence-corrected chi connectivity index (χ3v) is 6.95. The highest BCUT2D eigenvalue weighted by Crippen LogP contribution is 2.33. The van der Waals surface area contributed by atoms with Gasteiger partial charge in [0.25, 0.3) is 0 Å². The quantitative estimate of drug-likeness (QED) is 0.214. The Labute approximate surface area is 238 Å². The third kappa shape index (κ3) is 5.69. The van der Waals surface area contributed by atoms with Crippen LogP contribution in [0.25, 0.3) is 44.7 Å². The van der Waals surface area contributed by atoms with E-state index in [0.29, 0.717) is 17.4 Å². The lowest BCUT2D eigenvalue weighted by Crippen LogP contribution is -2.31. The number of fused-ring (bicyclic) bond motifs is 1. The number of halogens is 1. The first kappa shape index (κ1) is 25.6. The number of nitrogens with one attached hydrogen (secondary N) is 1. The molecular formula is C33H27ClN6. The predicted octanol–water partition coefficient (Wildman–Crippen LogP) is 7.06. The van der Waals surface area contributed by atoms with Gasteiger partial charge in [0.1, 0.15) is 11.3 Å². The number of anilines is 1. The molecule has 0 radical (unpaired) electrons. The Morgan fingerprint density at radius 1 is 0.725 bits per heavy atom. The van der Waals surface area contributed by atoms with E-state index in [4.69, 9.17) is 32.3 Å². The summed E-state index contributed by atoms with van der Waals surface area (Å²) in [5.41, 5.74) is 13.2. The van der Waals surface area contributed by atoms with Crippen molar-refractivity contribution in [2.24, 2.45) is 5.73 Å². The summed E-state index contributed by atoms with van der Waals surface area (Å²) in [6, 6.07) is 32.0. The van der Waals surface area contributed by atoms with Crippen molar-refractivity contribution in [1.82, 2.24) is 19.9 Å². The molecule has 0 saturated heterocycles. The molecule has 0 spiro atoms. The average Bonchev–Trinajstić information content (AvgIpc) is 3.00. The van der Waals surface area contributed by atoms with Crippen LogP contribution >= 0.6 is 11.6 Å². The molecule has 3 heterocycles. The van der Waals surface area contributed by atoms with Crippen LogP contribution in [0.3, 0.4) is 0 Å². The molecule has 0 fully saturated rings. The fourth-order valence-corrected chi connectivity index (χ4v) is 4.95. The molecule has 0 aliphatic carbocycles. The molecule has 196 valence electrons. The normalized spacial score (nSPS) is 11.8. The Morgan fingerprint density at radius 2 is 1.48 bits per heavy atom. The van der Waals surface area contributed by atoms with Gasteiger partial charge < -0.3 is 11.1 Å². The van der Waals surface area contributed by atoms with Gasteiger partial charge in [-0.1, -0.05) is 72.3 Å². The second-order valence-corrected chi connectivity index (χ2v) is 10.0. The van der Waals surface area contributed by atoms with Gasteiger partial charge >= 0.3 is 0 Å². The van der Waals surface area contributed by atoms with Crippen molar-refractivity contribution in [3.8, 4) is 33.8 Å². The number of aromatic nitrogens is 4. The van der Waals surface area contributed by atoms with Gasteiger partial charge in [0.15, 0.2) is 5.82 Å². The van der Waals surface area contributed by atoms with Gasteiger partial charge in [-0.25, -0.2) is 9.97 Å². The van der Waals surface area contributed by atoms with Crippen LogP contribution in [0.1, 0.15) is 5.56 Å². The maximum absolute atomic E-state index is 6.51. The van der Waals surface area contributed by atoms with Crippen LogP contribution in [0.5, 0.6) is 0 Å². The van der Waals surface area contributed by atoms with Crippen LogP contribution in [0.2, 0.25) is 5.02 Å². The number of pyridine rings is 2. The molecule has 6 rings (SSSR count). The van der Waals surface area contributed by atoms with E-state index in [0.717, 1.165) is 51.1 Å². The van der Waals surface area contributed by atoms with Gasteiger partial charge in [-0.15, -0.1) is 0 Å². The smallest absolute Gasteiger partial charge is 0.162 e. The van der Waals surface area contributed by atoms with Crippen LogP contribution in [0.15, 0.2) is 116 Å². The first-order valence-corrected chi connectivity index (χ1v) is 13.5. The Bertz CT molecular complexity index is 1760. The molecule has 0 unspecified atom stereocenters. The highest BCUT2D eigenvalue weighted by Gasteiger charge is 2.16. The van der Waals surface area contributed by atoms with E-state index in [1.54, 1.807) is 18.6 Å². The standard InChI is InChI=1S/C33H27ClN6/c34-27-11-5-9-25(20-27)24-8-4-10-26(19-24)30-31-29(14-17-37-30)33(40-32(39-31)23-12-15-36-16-13-23)38-21-28(35)18-22-6-2-1-3-7-22/h1-17,19-20,28H,18,21,35H2,(H,38,39,40)/t28-/m0/s1. The van der Waals surface area contributed by atoms with E-state index < -0.39 is 0 Å². The van der Waals surface area contributed by atoms with Gasteiger partial charge in [0.05, 0.1) is 5.69 Å². The summed E-state index contributed by atoms with van der Waals surface area (Å²) in [7, 11) is 0. The summed E-state index contributed by atoms with van der Waals surface area (Å²) in [4.78, 5) is 18.8. The third-order valence-electron chi connectivity index (χ3n) is 6.72. The molecule has 3 aromatic heterocycles. The van der Waals surface area contributed by atoms with Gasteiger partial charge in [-0.3, -0.25) is 9.97 Å². The molecular weight excluding hydrogens is 516 g/mol. The SMILES string of the molecule is N[C@H](CNc1nc(-c2ccncc2)nc2c(-c3cccc(-c4cccc(Cl)c4)c3)nccc12)Cc1ccccc1. The molecule has 6 aromatic rings. The van der Waals surface area contributed by atoms with Crippen LogP contribution in [-0.2, 0) is 6.42 Å². The number of nitrogens with two attached hydrogens (primary N) is 1. The van der Waals surface area contributed by atoms with E-state index in [-0.39, 0.29) is 6.04 Å². The number of hydrogen-bond acceptors (Lipinski definition) is 6. The van der Waals surface area contributed by atoms with E-state index in [2.05, 4.69) is 34.6 Å². The van der Waals surface area contributed by atoms with Crippen molar-refractivity contribution in [3.05, 3.63) is 126 Å². The molecule has 7 heteroatoms. The zero-order valence-corrected chi connectivity index (χ0v) is 22.5. The zero-order valence-electron chi connectivity index (χ0n) is 21.7. The Morgan fingerprint density at radius 3 is 2.27 bits per heavy atom. The maximum Gasteiger partial charge on any atom is 0.162 e. The summed E-state index contributed by atoms with van der Waals surface area (Å²) in [5, 5.41) is 5.08. The maximum atomic E-state index is 6.51. The number of hydrogen-bond donors (Lipinski definition) is 2. The minimum atomic E-state index is -0.0903. The van der Waals surface area contributed by atoms with Crippen molar-refractivity contribution in [2.45, 2.75) is 12.5 Å². The molecule has 0 aliphatic rings. The lowest BCUT2D eigenvalue weighted by Gasteiger charge is -2.16. The lowest BCUT2D eigenvalue weighted by molar-refractivity contribution is 0.698. The molecule has 3 aromatic carbocycles. The first-order chi connectivity index (χ1) is 19.6. The van der Waals surface area contributed by atoms with Crippen molar-refractivity contribution in [1.29, 1.82) is 0 Å². The van der Waals surface area contributed by atoms with E-state index in [1.807, 2.05) is 72.8 Å². The summed E-state index contributed by atoms with van der Waals surface area (Å²) < 4.78 is 0. The highest BCUT2D eigenvalue weighted by molar-refractivity contribution is 6.30. The monoisotopic (exact) mass is 542 g/mol. The van der Waals surface area contributed by atoms with Crippen molar-refractivity contribution >= 4 is 28.3 Å². The second-order valence-electron chi connectivity index (χ2n) is 9.61. The van der Waals surface area contributed by atoms with Gasteiger partial charge in [-0.05, 0) is 59.5 Å². The topological polar surface area (TPSA) is 89.6 Å². The molecule has 3 N–H and O–H groups in total. The molecule has 0 saturated carbocycles. The van der Waals surface area contributed by atoms with E-state index >= 15 is 0 Å². The van der Waals surface area contributed by atoms with Crippen molar-refractivity contribution in [3.63, 3.8) is 0 Å². The van der Waals surface area contributed by atoms with Crippen LogP contribution in [-0.4, -0.2) is 32.5 Å². The lowest BCUT2D eigenvalue weighted by atomic mass is 10.0. The second kappa shape index (κ2) is 11.6. The highest BCUT2D eigenvalue weighted by atomic mass is 35.5. The molecule has 40 heavy (non-hydrogen) atoms. The Balaban J connectivity index is 1.41. The summed E-state index contributed by atoms with van der Waals surface area (Å²) in [6.07, 6.45) is 6.04. The van der Waals surface area contributed by atoms with Crippen molar-refractivity contribution in [2.75, 3.05) is 11.9 Å². The van der Waals surface area contributed by atoms with E-state index in [9.17, 15) is 0 Å². The summed E-state index contributed by atoms with van der Waals surface area (Å²) in [5.74, 6) is 1.31. The van der Waals surface area contributed by atoms with Gasteiger partial charge in [0.2, 0.25) is 0 Å². The summed E-state index contributed by atoms with van der Waals surface area (Å²) in [6.45, 7) is 0.554. The first-order valence-electron chi connectivity index (χ1n) is 13.1. The number of rotatable bonds is 8. The number of nitrogens with zero attached hydrogens (tertiary/aromatic N) is 4. The fraction of sp³-hybridized carbons (Fsp3) is 0.0909. The molecule has 1 atom stereocenters. The largest absolute Gasteiger partial charge is 0.368 e. The fourth-order valence-electron chi connectivity index (χ4n) is 4.76. The summed E-state index contributed by atoms with van der Waals surface area (Å²) >= 11 is 6.27. The van der Waals surface area contributed by atoms with Crippen molar-refractivity contribution < 1.29 is 0 Å². The molecule has 6 nitrogen and oxygen atoms in total. The molecule has 0 bridgehead atoms. The average molecular weight is 543 g/mol. The molecule has 0 amide bonds. The Kier molecular flexibility index (Phi) is 7.44. The zero-order chi connectivity index (χ0) is 27.3. The van der Waals surface area contributed by atoms with Crippen LogP contribution < -0.4 is 11.1 Å². The molecule has 0 aliphatic heterocycles. The van der Waals surface area contributed by atoms with Crippen LogP contribution in [0.4, 0.5) is 5.82 Å². The van der Waals surface area contributed by atoms with Gasteiger partial charge in [0, 0.05) is 52.7 Å².